The van der Waals surface area contributed by atoms with Crippen LogP contribution >= 0.6 is 0 Å². The zero-order chi connectivity index (χ0) is 10.4. The number of nitrogens with zero attached hydrogens (tertiary/aromatic N) is 2. The third-order valence-corrected chi connectivity index (χ3v) is 1.89. The van der Waals surface area contributed by atoms with Crippen molar-refractivity contribution in [3.05, 3.63) is 11.8 Å². The van der Waals surface area contributed by atoms with E-state index in [-0.39, 0.29) is 0 Å². The largest absolute Gasteiger partial charge is 0.477 e. The summed E-state index contributed by atoms with van der Waals surface area (Å²) in [5, 5.41) is 2.88. The van der Waals surface area contributed by atoms with Crippen LogP contribution in [-0.4, -0.2) is 23.6 Å². The van der Waals surface area contributed by atoms with Crippen LogP contribution in [0, 0.1) is 6.92 Å². The van der Waals surface area contributed by atoms with Crippen LogP contribution < -0.4 is 10.1 Å². The first-order chi connectivity index (χ1) is 6.77. The SMILES string of the molecule is CCCCOc1nc(NC)ncc1C. The molecule has 0 spiro atoms. The van der Waals surface area contributed by atoms with Gasteiger partial charge in [0, 0.05) is 18.8 Å². The predicted molar refractivity (Wildman–Crippen MR) is 56.7 cm³/mol. The normalized spacial score (nSPS) is 9.93. The molecule has 4 heteroatoms. The first kappa shape index (κ1) is 10.8. The quantitative estimate of drug-likeness (QED) is 0.730. The molecule has 1 aromatic rings. The van der Waals surface area contributed by atoms with Crippen molar-refractivity contribution >= 4 is 5.95 Å². The van der Waals surface area contributed by atoms with E-state index in [2.05, 4.69) is 22.2 Å². The van der Waals surface area contributed by atoms with Crippen LogP contribution in [0.3, 0.4) is 0 Å². The van der Waals surface area contributed by atoms with Gasteiger partial charge in [0.1, 0.15) is 0 Å². The van der Waals surface area contributed by atoms with Crippen molar-refractivity contribution < 1.29 is 4.74 Å². The van der Waals surface area contributed by atoms with Crippen LogP contribution in [0.15, 0.2) is 6.20 Å². The minimum atomic E-state index is 0.599. The Kier molecular flexibility index (Phi) is 4.16. The van der Waals surface area contributed by atoms with E-state index in [1.807, 2.05) is 6.92 Å². The first-order valence-corrected chi connectivity index (χ1v) is 4.92. The zero-order valence-corrected chi connectivity index (χ0v) is 9.00. The number of anilines is 1. The zero-order valence-electron chi connectivity index (χ0n) is 9.00. The van der Waals surface area contributed by atoms with E-state index in [4.69, 9.17) is 4.74 Å². The van der Waals surface area contributed by atoms with E-state index in [0.717, 1.165) is 25.0 Å². The number of hydrogen-bond donors (Lipinski definition) is 1. The molecular weight excluding hydrogens is 178 g/mol. The minimum Gasteiger partial charge on any atom is -0.477 e. The van der Waals surface area contributed by atoms with Gasteiger partial charge >= 0.3 is 0 Å². The number of unbranched alkanes of at least 4 members (excludes halogenated alkanes) is 1. The number of nitrogens with one attached hydrogen (secondary N) is 1. The van der Waals surface area contributed by atoms with Gasteiger partial charge in [-0.3, -0.25) is 0 Å². The fraction of sp³-hybridized carbons (Fsp3) is 0.600. The molecule has 0 saturated heterocycles. The molecule has 0 saturated carbocycles. The van der Waals surface area contributed by atoms with E-state index in [1.54, 1.807) is 13.2 Å². The summed E-state index contributed by atoms with van der Waals surface area (Å²) in [5.41, 5.74) is 0.972. The van der Waals surface area contributed by atoms with Crippen molar-refractivity contribution in [1.82, 2.24) is 9.97 Å². The second kappa shape index (κ2) is 5.42. The Morgan fingerprint density at radius 1 is 1.50 bits per heavy atom. The predicted octanol–water partition coefficient (Wildman–Crippen LogP) is 2.01. The topological polar surface area (TPSA) is 47.0 Å². The lowest BCUT2D eigenvalue weighted by molar-refractivity contribution is 0.295. The summed E-state index contributed by atoms with van der Waals surface area (Å²) < 4.78 is 5.53. The maximum atomic E-state index is 5.53. The molecule has 0 radical (unpaired) electrons. The van der Waals surface area contributed by atoms with Crippen molar-refractivity contribution in [1.29, 1.82) is 0 Å². The van der Waals surface area contributed by atoms with E-state index in [1.165, 1.54) is 0 Å². The maximum absolute atomic E-state index is 5.53. The highest BCUT2D eigenvalue weighted by Gasteiger charge is 2.02. The van der Waals surface area contributed by atoms with Gasteiger partial charge in [0.15, 0.2) is 0 Å². The van der Waals surface area contributed by atoms with E-state index < -0.39 is 0 Å². The van der Waals surface area contributed by atoms with Gasteiger partial charge < -0.3 is 10.1 Å². The molecule has 0 bridgehead atoms. The number of ether oxygens (including phenoxy) is 1. The summed E-state index contributed by atoms with van der Waals surface area (Å²) in [6.07, 6.45) is 3.95. The monoisotopic (exact) mass is 195 g/mol. The van der Waals surface area contributed by atoms with Gasteiger partial charge in [-0.15, -0.1) is 0 Å². The van der Waals surface area contributed by atoms with Gasteiger partial charge in [-0.2, -0.15) is 4.98 Å². The summed E-state index contributed by atoms with van der Waals surface area (Å²) >= 11 is 0. The average Bonchev–Trinajstić information content (AvgIpc) is 2.21. The third-order valence-electron chi connectivity index (χ3n) is 1.89. The lowest BCUT2D eigenvalue weighted by Crippen LogP contribution is -2.04. The first-order valence-electron chi connectivity index (χ1n) is 4.92. The number of rotatable bonds is 5. The van der Waals surface area contributed by atoms with Crippen LogP contribution in [0.25, 0.3) is 0 Å². The van der Waals surface area contributed by atoms with Gasteiger partial charge in [-0.05, 0) is 13.3 Å². The van der Waals surface area contributed by atoms with Crippen LogP contribution in [0.2, 0.25) is 0 Å². The Balaban J connectivity index is 2.64. The molecule has 0 aromatic carbocycles. The van der Waals surface area contributed by atoms with Crippen molar-refractivity contribution in [3.8, 4) is 5.88 Å². The molecule has 78 valence electrons. The summed E-state index contributed by atoms with van der Waals surface area (Å²) in [7, 11) is 1.79. The van der Waals surface area contributed by atoms with Crippen molar-refractivity contribution in [2.75, 3.05) is 19.0 Å². The third kappa shape index (κ3) is 2.87. The second-order valence-corrected chi connectivity index (χ2v) is 3.13. The smallest absolute Gasteiger partial charge is 0.225 e. The van der Waals surface area contributed by atoms with Gasteiger partial charge in [0.05, 0.1) is 6.61 Å². The standard InChI is InChI=1S/C10H17N3O/c1-4-5-6-14-9-8(2)7-12-10(11-3)13-9/h7H,4-6H2,1-3H3,(H,11,12,13). The molecule has 0 unspecified atom stereocenters. The highest BCUT2D eigenvalue weighted by atomic mass is 16.5. The molecule has 4 nitrogen and oxygen atoms in total. The Morgan fingerprint density at radius 3 is 2.93 bits per heavy atom. The van der Waals surface area contributed by atoms with Crippen LogP contribution in [0.5, 0.6) is 5.88 Å². The summed E-state index contributed by atoms with van der Waals surface area (Å²) in [5.74, 6) is 1.28. The van der Waals surface area contributed by atoms with Crippen LogP contribution in [0.4, 0.5) is 5.95 Å². The molecule has 1 heterocycles. The second-order valence-electron chi connectivity index (χ2n) is 3.13. The molecule has 1 N–H and O–H groups in total. The van der Waals surface area contributed by atoms with Gasteiger partial charge in [0.2, 0.25) is 11.8 Å². The Morgan fingerprint density at radius 2 is 2.29 bits per heavy atom. The number of aromatic nitrogens is 2. The van der Waals surface area contributed by atoms with Crippen LogP contribution in [-0.2, 0) is 0 Å². The molecule has 0 amide bonds. The van der Waals surface area contributed by atoms with Gasteiger partial charge in [-0.25, -0.2) is 4.98 Å². The van der Waals surface area contributed by atoms with Crippen molar-refractivity contribution in [2.24, 2.45) is 0 Å². The summed E-state index contributed by atoms with van der Waals surface area (Å²) in [4.78, 5) is 8.30. The lowest BCUT2D eigenvalue weighted by atomic mass is 10.3. The molecule has 0 aliphatic rings. The average molecular weight is 195 g/mol. The molecule has 0 atom stereocenters. The molecular formula is C10H17N3O. The van der Waals surface area contributed by atoms with Crippen molar-refractivity contribution in [2.45, 2.75) is 26.7 Å². The molecule has 0 aliphatic heterocycles. The molecule has 14 heavy (non-hydrogen) atoms. The fourth-order valence-corrected chi connectivity index (χ4v) is 1.01. The highest BCUT2D eigenvalue weighted by molar-refractivity contribution is 5.31. The Labute approximate surface area is 84.7 Å². The van der Waals surface area contributed by atoms with Gasteiger partial charge in [-0.1, -0.05) is 13.3 Å². The highest BCUT2D eigenvalue weighted by Crippen LogP contribution is 2.15. The summed E-state index contributed by atoms with van der Waals surface area (Å²) in [6, 6.07) is 0. The van der Waals surface area contributed by atoms with E-state index in [0.29, 0.717) is 11.8 Å². The van der Waals surface area contributed by atoms with Gasteiger partial charge in [0.25, 0.3) is 0 Å². The molecule has 1 aromatic heterocycles. The molecule has 0 fully saturated rings. The van der Waals surface area contributed by atoms with E-state index >= 15 is 0 Å². The number of aryl methyl sites for hydroxylation is 1. The lowest BCUT2D eigenvalue weighted by Gasteiger charge is -2.08. The minimum absolute atomic E-state index is 0.599. The number of hydrogen-bond acceptors (Lipinski definition) is 4. The molecule has 1 rings (SSSR count). The van der Waals surface area contributed by atoms with Crippen LogP contribution in [0.1, 0.15) is 25.3 Å². The van der Waals surface area contributed by atoms with Crippen molar-refractivity contribution in [3.63, 3.8) is 0 Å². The Hall–Kier alpha value is -1.32. The maximum Gasteiger partial charge on any atom is 0.225 e. The Bertz CT molecular complexity index is 289. The summed E-state index contributed by atoms with van der Waals surface area (Å²) in [6.45, 7) is 4.80. The molecule has 0 aliphatic carbocycles. The van der Waals surface area contributed by atoms with E-state index in [9.17, 15) is 0 Å². The fourth-order valence-electron chi connectivity index (χ4n) is 1.01.